The molecule has 0 aromatic heterocycles. The Balaban J connectivity index is 0.00000784. The van der Waals surface area contributed by atoms with Crippen LogP contribution < -0.4 is 20.7 Å². The summed E-state index contributed by atoms with van der Waals surface area (Å²) in [5.41, 5.74) is 0.870. The number of ether oxygens (including phenoxy) is 2. The summed E-state index contributed by atoms with van der Waals surface area (Å²) in [4.78, 5) is 16.1. The lowest BCUT2D eigenvalue weighted by Crippen LogP contribution is -2.34. The Morgan fingerprint density at radius 1 is 1.10 bits per heavy atom. The van der Waals surface area contributed by atoms with E-state index in [2.05, 4.69) is 34.8 Å². The standard InChI is InChI=1S/C21H36N4O3.HI/c1-6-22-20(26)14-24-21(23-12-7-13-27-15-16(2)3)25-18-8-10-19(11-9-18)28-17(4)5;/h8-11,16-17H,6-7,12-15H2,1-5H3,(H,22,26)(H2,23,24,25);1H. The third kappa shape index (κ3) is 14.1. The van der Waals surface area contributed by atoms with Crippen molar-refractivity contribution in [3.63, 3.8) is 0 Å². The van der Waals surface area contributed by atoms with Gasteiger partial charge in [-0.2, -0.15) is 0 Å². The van der Waals surface area contributed by atoms with Crippen LogP contribution in [-0.2, 0) is 9.53 Å². The van der Waals surface area contributed by atoms with Crippen molar-refractivity contribution in [3.8, 4) is 5.75 Å². The fourth-order valence-corrected chi connectivity index (χ4v) is 2.27. The topological polar surface area (TPSA) is 84.0 Å². The van der Waals surface area contributed by atoms with Gasteiger partial charge in [0, 0.05) is 32.0 Å². The molecular formula is C21H37IN4O3. The summed E-state index contributed by atoms with van der Waals surface area (Å²) in [6.07, 6.45) is 0.989. The van der Waals surface area contributed by atoms with Crippen molar-refractivity contribution in [2.24, 2.45) is 10.9 Å². The lowest BCUT2D eigenvalue weighted by molar-refractivity contribution is -0.119. The van der Waals surface area contributed by atoms with Crippen LogP contribution in [0.15, 0.2) is 29.3 Å². The molecule has 0 fully saturated rings. The van der Waals surface area contributed by atoms with Crippen molar-refractivity contribution < 1.29 is 14.3 Å². The van der Waals surface area contributed by atoms with Gasteiger partial charge in [0.1, 0.15) is 12.3 Å². The third-order valence-corrected chi connectivity index (χ3v) is 3.45. The van der Waals surface area contributed by atoms with Gasteiger partial charge < -0.3 is 25.4 Å². The molecule has 0 atom stereocenters. The average Bonchev–Trinajstić information content (AvgIpc) is 2.63. The zero-order valence-corrected chi connectivity index (χ0v) is 20.6. The summed E-state index contributed by atoms with van der Waals surface area (Å²) in [7, 11) is 0. The van der Waals surface area contributed by atoms with Crippen molar-refractivity contribution in [1.82, 2.24) is 10.6 Å². The van der Waals surface area contributed by atoms with Crippen LogP contribution in [0.1, 0.15) is 41.0 Å². The molecule has 8 heteroatoms. The van der Waals surface area contributed by atoms with Gasteiger partial charge in [0.15, 0.2) is 5.96 Å². The highest BCUT2D eigenvalue weighted by atomic mass is 127. The van der Waals surface area contributed by atoms with Crippen LogP contribution >= 0.6 is 24.0 Å². The molecule has 0 saturated heterocycles. The van der Waals surface area contributed by atoms with Crippen LogP contribution in [0.3, 0.4) is 0 Å². The molecule has 0 aliphatic heterocycles. The van der Waals surface area contributed by atoms with Crippen LogP contribution in [0.2, 0.25) is 0 Å². The minimum Gasteiger partial charge on any atom is -0.491 e. The van der Waals surface area contributed by atoms with Crippen LogP contribution in [0.5, 0.6) is 5.75 Å². The number of hydrogen-bond acceptors (Lipinski definition) is 4. The molecule has 0 aliphatic rings. The molecule has 29 heavy (non-hydrogen) atoms. The monoisotopic (exact) mass is 520 g/mol. The SMILES string of the molecule is CCNC(=O)CN=C(NCCCOCC(C)C)Nc1ccc(OC(C)C)cc1.I. The Bertz CT molecular complexity index is 592. The predicted octanol–water partition coefficient (Wildman–Crippen LogP) is 3.65. The number of nitrogens with one attached hydrogen (secondary N) is 3. The zero-order valence-electron chi connectivity index (χ0n) is 18.3. The molecule has 166 valence electrons. The molecule has 0 radical (unpaired) electrons. The molecule has 0 bridgehead atoms. The number of guanidine groups is 1. The molecule has 0 saturated carbocycles. The Morgan fingerprint density at radius 3 is 2.38 bits per heavy atom. The van der Waals surface area contributed by atoms with Crippen LogP contribution in [0, 0.1) is 5.92 Å². The van der Waals surface area contributed by atoms with Crippen molar-refractivity contribution in [1.29, 1.82) is 0 Å². The van der Waals surface area contributed by atoms with Gasteiger partial charge in [-0.25, -0.2) is 4.99 Å². The van der Waals surface area contributed by atoms with Crippen LogP contribution in [-0.4, -0.2) is 50.8 Å². The number of rotatable bonds is 12. The second kappa shape index (κ2) is 16.3. The van der Waals surface area contributed by atoms with E-state index in [1.807, 2.05) is 45.0 Å². The van der Waals surface area contributed by atoms with E-state index in [1.165, 1.54) is 0 Å². The number of anilines is 1. The largest absolute Gasteiger partial charge is 0.491 e. The second-order valence-corrected chi connectivity index (χ2v) is 7.18. The van der Waals surface area contributed by atoms with Crippen molar-refractivity contribution in [2.75, 3.05) is 38.2 Å². The predicted molar refractivity (Wildman–Crippen MR) is 131 cm³/mol. The molecule has 0 unspecified atom stereocenters. The minimum atomic E-state index is -0.107. The molecule has 1 rings (SSSR count). The maximum absolute atomic E-state index is 11.7. The summed E-state index contributed by atoms with van der Waals surface area (Å²) < 4.78 is 11.3. The molecule has 3 N–H and O–H groups in total. The second-order valence-electron chi connectivity index (χ2n) is 7.18. The van der Waals surface area contributed by atoms with E-state index in [4.69, 9.17) is 9.47 Å². The minimum absolute atomic E-state index is 0. The van der Waals surface area contributed by atoms with Gasteiger partial charge >= 0.3 is 0 Å². The van der Waals surface area contributed by atoms with Gasteiger partial charge in [-0.05, 0) is 57.4 Å². The number of carbonyl (C=O) groups is 1. The lowest BCUT2D eigenvalue weighted by Gasteiger charge is -2.14. The first-order chi connectivity index (χ1) is 13.4. The van der Waals surface area contributed by atoms with Crippen LogP contribution in [0.25, 0.3) is 0 Å². The molecule has 0 spiro atoms. The Labute approximate surface area is 192 Å². The maximum atomic E-state index is 11.7. The molecule has 1 aromatic carbocycles. The van der Waals surface area contributed by atoms with E-state index in [9.17, 15) is 4.79 Å². The smallest absolute Gasteiger partial charge is 0.241 e. The fourth-order valence-electron chi connectivity index (χ4n) is 2.27. The van der Waals surface area contributed by atoms with Gasteiger partial charge in [0.05, 0.1) is 6.10 Å². The van der Waals surface area contributed by atoms with E-state index in [1.54, 1.807) is 0 Å². The van der Waals surface area contributed by atoms with Crippen molar-refractivity contribution >= 4 is 41.5 Å². The number of amides is 1. The van der Waals surface area contributed by atoms with E-state index in [0.29, 0.717) is 31.6 Å². The first-order valence-corrected chi connectivity index (χ1v) is 10.1. The number of likely N-dealkylation sites (N-methyl/N-ethyl adjacent to an activating group) is 1. The van der Waals surface area contributed by atoms with Crippen molar-refractivity contribution in [2.45, 2.75) is 47.1 Å². The molecular weight excluding hydrogens is 483 g/mol. The maximum Gasteiger partial charge on any atom is 0.241 e. The average molecular weight is 520 g/mol. The normalized spacial score (nSPS) is 11.2. The van der Waals surface area contributed by atoms with Gasteiger partial charge in [-0.15, -0.1) is 24.0 Å². The van der Waals surface area contributed by atoms with Crippen LogP contribution in [0.4, 0.5) is 5.69 Å². The molecule has 1 amide bonds. The molecule has 0 aliphatic carbocycles. The highest BCUT2D eigenvalue weighted by Crippen LogP contribution is 2.16. The van der Waals surface area contributed by atoms with E-state index in [-0.39, 0.29) is 42.5 Å². The summed E-state index contributed by atoms with van der Waals surface area (Å²) in [6, 6.07) is 7.66. The first-order valence-electron chi connectivity index (χ1n) is 10.1. The molecule has 0 heterocycles. The number of halogens is 1. The van der Waals surface area contributed by atoms with Gasteiger partial charge in [-0.3, -0.25) is 4.79 Å². The van der Waals surface area contributed by atoms with Gasteiger partial charge in [0.25, 0.3) is 0 Å². The Kier molecular flexibility index (Phi) is 15.4. The number of hydrogen-bond donors (Lipinski definition) is 3. The number of benzene rings is 1. The fraction of sp³-hybridized carbons (Fsp3) is 0.619. The summed E-state index contributed by atoms with van der Waals surface area (Å²) in [6.45, 7) is 13.0. The summed E-state index contributed by atoms with van der Waals surface area (Å²) >= 11 is 0. The summed E-state index contributed by atoms with van der Waals surface area (Å²) in [5, 5.41) is 9.22. The highest BCUT2D eigenvalue weighted by molar-refractivity contribution is 14.0. The summed E-state index contributed by atoms with van der Waals surface area (Å²) in [5.74, 6) is 1.81. The quantitative estimate of drug-likeness (QED) is 0.170. The van der Waals surface area contributed by atoms with Gasteiger partial charge in [0.2, 0.25) is 5.91 Å². The first kappa shape index (κ1) is 27.5. The number of aliphatic imine (C=N–C) groups is 1. The molecule has 7 nitrogen and oxygen atoms in total. The third-order valence-electron chi connectivity index (χ3n) is 3.45. The van der Waals surface area contributed by atoms with Crippen molar-refractivity contribution in [3.05, 3.63) is 24.3 Å². The molecule has 1 aromatic rings. The number of carbonyl (C=O) groups excluding carboxylic acids is 1. The Morgan fingerprint density at radius 2 is 1.79 bits per heavy atom. The highest BCUT2D eigenvalue weighted by Gasteiger charge is 2.04. The van der Waals surface area contributed by atoms with E-state index in [0.717, 1.165) is 24.5 Å². The number of nitrogens with zero attached hydrogens (tertiary/aromatic N) is 1. The van der Waals surface area contributed by atoms with Gasteiger partial charge in [-0.1, -0.05) is 13.8 Å². The Hall–Kier alpha value is -1.55. The zero-order chi connectivity index (χ0) is 20.8. The van der Waals surface area contributed by atoms with E-state index < -0.39 is 0 Å². The lowest BCUT2D eigenvalue weighted by atomic mass is 10.2. The van der Waals surface area contributed by atoms with E-state index >= 15 is 0 Å².